The molecule has 176 valence electrons. The molecular formula is C24H16ClF3N6O. The molecular weight excluding hydrogens is 481 g/mol. The average Bonchev–Trinajstić information content (AvgIpc) is 2.83. The van der Waals surface area contributed by atoms with Crippen LogP contribution in [-0.2, 0) is 0 Å². The van der Waals surface area contributed by atoms with Gasteiger partial charge in [0, 0.05) is 30.1 Å². The summed E-state index contributed by atoms with van der Waals surface area (Å²) in [6, 6.07) is 10.3. The number of aromatic nitrogens is 5. The Morgan fingerprint density at radius 2 is 1.86 bits per heavy atom. The second kappa shape index (κ2) is 8.62. The van der Waals surface area contributed by atoms with Crippen LogP contribution in [0.5, 0.6) is 0 Å². The number of halogens is 4. The third-order valence-corrected chi connectivity index (χ3v) is 5.90. The Bertz CT molecular complexity index is 1570. The molecule has 0 aliphatic carbocycles. The van der Waals surface area contributed by atoms with Crippen molar-refractivity contribution in [1.29, 1.82) is 0 Å². The standard InChI is InChI=1S/C24H16ClF3N6O/c1-13-15(6-4-10-34(13)35)20-16(11-14-5-2-7-17(25)19(14)32-20)22(24(26,27)28)33-23-21-18(30-12-31-23)8-3-9-29-21/h2-12,22H,1H3,(H,30,31,33)/t22-/m1/s1. The molecule has 0 radical (unpaired) electrons. The highest BCUT2D eigenvalue weighted by molar-refractivity contribution is 6.35. The van der Waals surface area contributed by atoms with Gasteiger partial charge in [-0.3, -0.25) is 4.98 Å². The minimum atomic E-state index is -4.76. The van der Waals surface area contributed by atoms with Gasteiger partial charge in [-0.2, -0.15) is 17.9 Å². The van der Waals surface area contributed by atoms with Crippen molar-refractivity contribution in [3.05, 3.63) is 88.7 Å². The maximum absolute atomic E-state index is 14.6. The molecule has 1 atom stereocenters. The summed E-state index contributed by atoms with van der Waals surface area (Å²) in [5, 5.41) is 15.5. The van der Waals surface area contributed by atoms with Crippen molar-refractivity contribution in [2.45, 2.75) is 19.1 Å². The summed E-state index contributed by atoms with van der Waals surface area (Å²) >= 11 is 6.31. The van der Waals surface area contributed by atoms with E-state index < -0.39 is 12.2 Å². The van der Waals surface area contributed by atoms with Crippen LogP contribution >= 0.6 is 11.6 Å². The molecule has 0 unspecified atom stereocenters. The molecule has 0 aliphatic rings. The number of hydrogen-bond donors (Lipinski definition) is 1. The second-order valence-electron chi connectivity index (χ2n) is 7.78. The maximum atomic E-state index is 14.6. The molecule has 35 heavy (non-hydrogen) atoms. The van der Waals surface area contributed by atoms with Gasteiger partial charge in [-0.05, 0) is 30.3 Å². The van der Waals surface area contributed by atoms with Crippen molar-refractivity contribution < 1.29 is 17.9 Å². The molecule has 4 heterocycles. The number of para-hydroxylation sites is 1. The van der Waals surface area contributed by atoms with E-state index in [-0.39, 0.29) is 38.9 Å². The van der Waals surface area contributed by atoms with Gasteiger partial charge >= 0.3 is 6.18 Å². The van der Waals surface area contributed by atoms with E-state index >= 15 is 0 Å². The summed E-state index contributed by atoms with van der Waals surface area (Å²) in [6.45, 7) is 1.52. The molecule has 1 N–H and O–H groups in total. The van der Waals surface area contributed by atoms with Crippen LogP contribution in [-0.4, -0.2) is 26.1 Å². The summed E-state index contributed by atoms with van der Waals surface area (Å²) in [5.74, 6) is -0.0845. The minimum Gasteiger partial charge on any atom is -0.618 e. The van der Waals surface area contributed by atoms with E-state index in [0.717, 1.165) is 0 Å². The SMILES string of the molecule is Cc1c(-c2nc3c(Cl)cccc3cc2[C@@H](Nc2ncnc3cccnc23)C(F)(F)F)ccc[n+]1[O-]. The first-order chi connectivity index (χ1) is 16.7. The second-order valence-corrected chi connectivity index (χ2v) is 8.19. The largest absolute Gasteiger partial charge is 0.618 e. The lowest BCUT2D eigenvalue weighted by molar-refractivity contribution is -0.611. The lowest BCUT2D eigenvalue weighted by atomic mass is 9.96. The Morgan fingerprint density at radius 3 is 2.66 bits per heavy atom. The third-order valence-electron chi connectivity index (χ3n) is 5.60. The normalized spacial score (nSPS) is 12.7. The number of pyridine rings is 3. The van der Waals surface area contributed by atoms with E-state index in [4.69, 9.17) is 11.6 Å². The van der Waals surface area contributed by atoms with Gasteiger partial charge in [0.1, 0.15) is 11.8 Å². The number of hydrogen-bond acceptors (Lipinski definition) is 6. The van der Waals surface area contributed by atoms with Crippen LogP contribution < -0.4 is 10.0 Å². The van der Waals surface area contributed by atoms with E-state index in [0.29, 0.717) is 21.2 Å². The lowest BCUT2D eigenvalue weighted by Crippen LogP contribution is -2.31. The fourth-order valence-electron chi connectivity index (χ4n) is 3.90. The van der Waals surface area contributed by atoms with E-state index in [1.165, 1.54) is 37.8 Å². The van der Waals surface area contributed by atoms with Crippen LogP contribution in [0, 0.1) is 12.1 Å². The molecule has 5 rings (SSSR count). The Labute approximate surface area is 201 Å². The van der Waals surface area contributed by atoms with Crippen LogP contribution in [0.2, 0.25) is 5.02 Å². The Morgan fingerprint density at radius 1 is 1.03 bits per heavy atom. The van der Waals surface area contributed by atoms with E-state index in [9.17, 15) is 18.4 Å². The zero-order valence-corrected chi connectivity index (χ0v) is 18.8. The number of nitrogens with one attached hydrogen (secondary N) is 1. The minimum absolute atomic E-state index is 0.0190. The van der Waals surface area contributed by atoms with Crippen LogP contribution in [0.25, 0.3) is 33.2 Å². The summed E-state index contributed by atoms with van der Waals surface area (Å²) < 4.78 is 44.4. The molecule has 0 bridgehead atoms. The van der Waals surface area contributed by atoms with Gasteiger partial charge in [0.25, 0.3) is 0 Å². The molecule has 7 nitrogen and oxygen atoms in total. The van der Waals surface area contributed by atoms with Gasteiger partial charge in [0.15, 0.2) is 23.8 Å². The van der Waals surface area contributed by atoms with Crippen molar-refractivity contribution in [3.63, 3.8) is 0 Å². The van der Waals surface area contributed by atoms with Crippen molar-refractivity contribution in [2.24, 2.45) is 0 Å². The highest BCUT2D eigenvalue weighted by atomic mass is 35.5. The van der Waals surface area contributed by atoms with Gasteiger partial charge < -0.3 is 10.5 Å². The van der Waals surface area contributed by atoms with Crippen LogP contribution in [0.15, 0.2) is 67.3 Å². The van der Waals surface area contributed by atoms with Gasteiger partial charge in [-0.1, -0.05) is 23.7 Å². The predicted octanol–water partition coefficient (Wildman–Crippen LogP) is 5.55. The van der Waals surface area contributed by atoms with Gasteiger partial charge in [-0.15, -0.1) is 0 Å². The predicted molar refractivity (Wildman–Crippen MR) is 126 cm³/mol. The number of fused-ring (bicyclic) bond motifs is 2. The zero-order chi connectivity index (χ0) is 24.7. The first kappa shape index (κ1) is 22.7. The van der Waals surface area contributed by atoms with Crippen molar-refractivity contribution in [1.82, 2.24) is 19.9 Å². The molecule has 4 aromatic heterocycles. The molecule has 0 saturated heterocycles. The maximum Gasteiger partial charge on any atom is 0.412 e. The monoisotopic (exact) mass is 496 g/mol. The average molecular weight is 497 g/mol. The van der Waals surface area contributed by atoms with Crippen LogP contribution in [0.4, 0.5) is 19.0 Å². The topological polar surface area (TPSA) is 90.5 Å². The van der Waals surface area contributed by atoms with Crippen LogP contribution in [0.3, 0.4) is 0 Å². The quantitative estimate of drug-likeness (QED) is 0.259. The number of rotatable bonds is 4. The smallest absolute Gasteiger partial charge is 0.412 e. The summed E-state index contributed by atoms with van der Waals surface area (Å²) in [6.07, 6.45) is -0.874. The summed E-state index contributed by atoms with van der Waals surface area (Å²) in [4.78, 5) is 16.7. The molecule has 0 spiro atoms. The number of anilines is 1. The fraction of sp³-hybridized carbons (Fsp3) is 0.125. The Balaban J connectivity index is 1.78. The first-order valence-corrected chi connectivity index (χ1v) is 10.8. The molecule has 1 aromatic carbocycles. The van der Waals surface area contributed by atoms with Crippen molar-refractivity contribution >= 4 is 39.4 Å². The fourth-order valence-corrected chi connectivity index (χ4v) is 4.13. The number of benzene rings is 1. The summed E-state index contributed by atoms with van der Waals surface area (Å²) in [5.41, 5.74) is 1.14. The van der Waals surface area contributed by atoms with Gasteiger partial charge in [0.05, 0.1) is 27.3 Å². The van der Waals surface area contributed by atoms with E-state index in [2.05, 4.69) is 25.3 Å². The summed E-state index contributed by atoms with van der Waals surface area (Å²) in [7, 11) is 0. The highest BCUT2D eigenvalue weighted by Gasteiger charge is 2.43. The highest BCUT2D eigenvalue weighted by Crippen LogP contribution is 2.42. The van der Waals surface area contributed by atoms with Crippen LogP contribution in [0.1, 0.15) is 17.3 Å². The van der Waals surface area contributed by atoms with Crippen molar-refractivity contribution in [3.8, 4) is 11.3 Å². The number of nitrogens with zero attached hydrogens (tertiary/aromatic N) is 5. The van der Waals surface area contributed by atoms with Gasteiger partial charge in [-0.25, -0.2) is 15.0 Å². The number of alkyl halides is 3. The molecule has 0 aliphatic heterocycles. The van der Waals surface area contributed by atoms with E-state index in [1.54, 1.807) is 36.4 Å². The van der Waals surface area contributed by atoms with Crippen molar-refractivity contribution in [2.75, 3.05) is 5.32 Å². The molecule has 0 saturated carbocycles. The first-order valence-electron chi connectivity index (χ1n) is 10.4. The molecule has 0 fully saturated rings. The van der Waals surface area contributed by atoms with Gasteiger partial charge in [0.2, 0.25) is 0 Å². The molecule has 5 aromatic rings. The molecule has 11 heteroatoms. The zero-order valence-electron chi connectivity index (χ0n) is 18.1. The third kappa shape index (κ3) is 4.17. The Kier molecular flexibility index (Phi) is 5.60. The lowest BCUT2D eigenvalue weighted by Gasteiger charge is -2.25. The Hall–Kier alpha value is -4.05. The molecule has 0 amide bonds. The van der Waals surface area contributed by atoms with E-state index in [1.807, 2.05) is 0 Å².